The smallest absolute Gasteiger partial charge is 0.143 e. The molecule has 2 heteroatoms. The van der Waals surface area contributed by atoms with E-state index >= 15 is 0 Å². The van der Waals surface area contributed by atoms with Crippen molar-refractivity contribution in [3.63, 3.8) is 0 Å². The Balaban J connectivity index is 1.04. The number of hydrogen-bond acceptors (Lipinski definition) is 2. The van der Waals surface area contributed by atoms with Gasteiger partial charge in [0.2, 0.25) is 0 Å². The molecular formula is C60H39NO. The molecule has 0 aliphatic carbocycles. The van der Waals surface area contributed by atoms with Gasteiger partial charge in [0.25, 0.3) is 0 Å². The number of hydrogen-bond donors (Lipinski definition) is 0. The van der Waals surface area contributed by atoms with E-state index < -0.39 is 0 Å². The standard InChI is InChI=1S/C60H39NO/c1-3-13-40(14-4-1)43-25-31-48(32-26-43)61(49-33-27-44(28-34-49)41-15-5-2-6-16-41)50-35-29-45(30-36-50)51-37-38-56-59(57(51)47-24-23-42-17-7-8-18-46(42)39-47)58-54-21-11-9-19-52(54)53-20-10-12-22-55(53)60(58)62-56/h1-39H. The number of benzene rings is 11. The third-order valence-electron chi connectivity index (χ3n) is 12.5. The molecule has 0 saturated heterocycles. The first-order chi connectivity index (χ1) is 30.7. The van der Waals surface area contributed by atoms with Crippen molar-refractivity contribution in [3.8, 4) is 44.5 Å². The first-order valence-corrected chi connectivity index (χ1v) is 21.2. The van der Waals surface area contributed by atoms with Gasteiger partial charge >= 0.3 is 0 Å². The van der Waals surface area contributed by atoms with E-state index in [1.807, 2.05) is 0 Å². The molecule has 0 radical (unpaired) electrons. The van der Waals surface area contributed by atoms with Crippen molar-refractivity contribution in [2.45, 2.75) is 0 Å². The van der Waals surface area contributed by atoms with Crippen molar-refractivity contribution in [2.24, 2.45) is 0 Å². The van der Waals surface area contributed by atoms with Gasteiger partial charge in [0, 0.05) is 38.8 Å². The maximum absolute atomic E-state index is 6.93. The lowest BCUT2D eigenvalue weighted by atomic mass is 9.88. The summed E-state index contributed by atoms with van der Waals surface area (Å²) in [6.07, 6.45) is 0. The summed E-state index contributed by atoms with van der Waals surface area (Å²) in [6, 6.07) is 85.3. The normalized spacial score (nSPS) is 11.5. The molecule has 2 nitrogen and oxygen atoms in total. The summed E-state index contributed by atoms with van der Waals surface area (Å²) in [7, 11) is 0. The Morgan fingerprint density at radius 3 is 1.34 bits per heavy atom. The Labute approximate surface area is 360 Å². The molecular weight excluding hydrogens is 751 g/mol. The summed E-state index contributed by atoms with van der Waals surface area (Å²) in [4.78, 5) is 2.35. The van der Waals surface area contributed by atoms with Crippen LogP contribution in [0.1, 0.15) is 0 Å². The number of furan rings is 1. The van der Waals surface area contributed by atoms with E-state index in [1.165, 1.54) is 54.7 Å². The fourth-order valence-electron chi connectivity index (χ4n) is 9.48. The van der Waals surface area contributed by atoms with Gasteiger partial charge in [0.15, 0.2) is 0 Å². The molecule has 0 spiro atoms. The van der Waals surface area contributed by atoms with Gasteiger partial charge < -0.3 is 9.32 Å². The molecule has 1 aromatic heterocycles. The second kappa shape index (κ2) is 14.8. The molecule has 1 heterocycles. The second-order valence-corrected chi connectivity index (χ2v) is 16.0. The second-order valence-electron chi connectivity index (χ2n) is 16.0. The zero-order valence-electron chi connectivity index (χ0n) is 33.9. The highest BCUT2D eigenvalue weighted by Crippen LogP contribution is 2.48. The fraction of sp³-hybridized carbons (Fsp3) is 0. The van der Waals surface area contributed by atoms with Gasteiger partial charge in [-0.05, 0) is 114 Å². The molecule has 0 fully saturated rings. The Hall–Kier alpha value is -8.20. The van der Waals surface area contributed by atoms with E-state index in [0.29, 0.717) is 0 Å². The maximum Gasteiger partial charge on any atom is 0.143 e. The molecule has 11 aromatic carbocycles. The highest BCUT2D eigenvalue weighted by atomic mass is 16.3. The zero-order valence-corrected chi connectivity index (χ0v) is 33.9. The lowest BCUT2D eigenvalue weighted by Crippen LogP contribution is -2.09. The lowest BCUT2D eigenvalue weighted by Gasteiger charge is -2.26. The molecule has 0 bridgehead atoms. The highest BCUT2D eigenvalue weighted by Gasteiger charge is 2.22. The largest absolute Gasteiger partial charge is 0.455 e. The van der Waals surface area contributed by atoms with Crippen LogP contribution >= 0.6 is 0 Å². The summed E-state index contributed by atoms with van der Waals surface area (Å²) >= 11 is 0. The molecule has 12 rings (SSSR count). The van der Waals surface area contributed by atoms with Crippen molar-refractivity contribution < 1.29 is 4.42 Å². The van der Waals surface area contributed by atoms with Crippen LogP contribution in [0.2, 0.25) is 0 Å². The van der Waals surface area contributed by atoms with Crippen LogP contribution in [0.3, 0.4) is 0 Å². The zero-order chi connectivity index (χ0) is 41.0. The molecule has 0 atom stereocenters. The number of rotatable bonds is 7. The van der Waals surface area contributed by atoms with Crippen LogP contribution in [0, 0.1) is 0 Å². The SMILES string of the molecule is c1ccc(-c2ccc(N(c3ccc(-c4ccccc4)cc3)c3ccc(-c4ccc5oc6c7ccccc7c7ccccc7c6c5c4-c4ccc5ccccc5c4)cc3)cc2)cc1. The highest BCUT2D eigenvalue weighted by molar-refractivity contribution is 6.32. The minimum absolute atomic E-state index is 0.883. The summed E-state index contributed by atoms with van der Waals surface area (Å²) in [6.45, 7) is 0. The quantitative estimate of drug-likeness (QED) is 0.150. The van der Waals surface area contributed by atoms with Crippen LogP contribution in [-0.4, -0.2) is 0 Å². The third kappa shape index (κ3) is 6.04. The molecule has 12 aromatic rings. The van der Waals surface area contributed by atoms with Crippen LogP contribution < -0.4 is 4.90 Å². The van der Waals surface area contributed by atoms with Crippen molar-refractivity contribution in [2.75, 3.05) is 4.90 Å². The van der Waals surface area contributed by atoms with Crippen LogP contribution in [-0.2, 0) is 0 Å². The first-order valence-electron chi connectivity index (χ1n) is 21.2. The predicted molar refractivity (Wildman–Crippen MR) is 263 cm³/mol. The maximum atomic E-state index is 6.93. The minimum atomic E-state index is 0.883. The van der Waals surface area contributed by atoms with Crippen LogP contribution in [0.4, 0.5) is 17.1 Å². The lowest BCUT2D eigenvalue weighted by molar-refractivity contribution is 0.673. The molecule has 0 unspecified atom stereocenters. The van der Waals surface area contributed by atoms with Crippen LogP contribution in [0.15, 0.2) is 241 Å². The average Bonchev–Trinajstić information content (AvgIpc) is 3.75. The Kier molecular flexibility index (Phi) is 8.53. The van der Waals surface area contributed by atoms with Crippen molar-refractivity contribution in [1.29, 1.82) is 0 Å². The van der Waals surface area contributed by atoms with Crippen molar-refractivity contribution >= 4 is 71.3 Å². The topological polar surface area (TPSA) is 16.4 Å². The van der Waals surface area contributed by atoms with Gasteiger partial charge in [-0.15, -0.1) is 0 Å². The van der Waals surface area contributed by atoms with Gasteiger partial charge in [-0.3, -0.25) is 0 Å². The van der Waals surface area contributed by atoms with Gasteiger partial charge in [0.05, 0.1) is 0 Å². The summed E-state index contributed by atoms with van der Waals surface area (Å²) < 4.78 is 6.93. The van der Waals surface area contributed by atoms with E-state index in [4.69, 9.17) is 4.42 Å². The molecule has 0 amide bonds. The van der Waals surface area contributed by atoms with Crippen LogP contribution in [0.25, 0.3) is 98.8 Å². The van der Waals surface area contributed by atoms with E-state index in [9.17, 15) is 0 Å². The first kappa shape index (κ1) is 35.7. The van der Waals surface area contributed by atoms with Gasteiger partial charge in [-0.25, -0.2) is 0 Å². The monoisotopic (exact) mass is 789 g/mol. The van der Waals surface area contributed by atoms with Crippen molar-refractivity contribution in [1.82, 2.24) is 0 Å². The molecule has 0 saturated carbocycles. The number of nitrogens with zero attached hydrogens (tertiary/aromatic N) is 1. The Bertz CT molecular complexity index is 3510. The summed E-state index contributed by atoms with van der Waals surface area (Å²) in [5, 5.41) is 9.47. The van der Waals surface area contributed by atoms with Gasteiger partial charge in [-0.1, -0.05) is 188 Å². The molecule has 0 N–H and O–H groups in total. The third-order valence-corrected chi connectivity index (χ3v) is 12.5. The molecule has 290 valence electrons. The molecule has 0 aliphatic rings. The Morgan fingerprint density at radius 2 is 0.742 bits per heavy atom. The average molecular weight is 790 g/mol. The minimum Gasteiger partial charge on any atom is -0.455 e. The fourth-order valence-corrected chi connectivity index (χ4v) is 9.48. The van der Waals surface area contributed by atoms with Crippen LogP contribution in [0.5, 0.6) is 0 Å². The predicted octanol–water partition coefficient (Wildman–Crippen LogP) is 17.2. The van der Waals surface area contributed by atoms with E-state index in [1.54, 1.807) is 0 Å². The van der Waals surface area contributed by atoms with E-state index in [0.717, 1.165) is 61.1 Å². The van der Waals surface area contributed by atoms with E-state index in [-0.39, 0.29) is 0 Å². The van der Waals surface area contributed by atoms with Gasteiger partial charge in [-0.2, -0.15) is 0 Å². The Morgan fingerprint density at radius 1 is 0.290 bits per heavy atom. The summed E-state index contributed by atoms with van der Waals surface area (Å²) in [5.41, 5.74) is 14.5. The number of anilines is 3. The summed E-state index contributed by atoms with van der Waals surface area (Å²) in [5.74, 6) is 0. The molecule has 62 heavy (non-hydrogen) atoms. The van der Waals surface area contributed by atoms with E-state index in [2.05, 4.69) is 241 Å². The van der Waals surface area contributed by atoms with Crippen molar-refractivity contribution in [3.05, 3.63) is 237 Å². The number of fused-ring (bicyclic) bond motifs is 9. The molecule has 0 aliphatic heterocycles. The van der Waals surface area contributed by atoms with Gasteiger partial charge in [0.1, 0.15) is 11.2 Å².